The molecule has 2 rings (SSSR count). The molecule has 0 spiro atoms. The number of benzene rings is 1. The summed E-state index contributed by atoms with van der Waals surface area (Å²) in [5.74, 6) is 0.549. The van der Waals surface area contributed by atoms with Gasteiger partial charge in [0.15, 0.2) is 0 Å². The van der Waals surface area contributed by atoms with Crippen molar-refractivity contribution in [3.63, 3.8) is 0 Å². The van der Waals surface area contributed by atoms with Crippen LogP contribution < -0.4 is 0 Å². The van der Waals surface area contributed by atoms with E-state index in [4.69, 9.17) is 0 Å². The summed E-state index contributed by atoms with van der Waals surface area (Å²) in [6.45, 7) is 2.08. The van der Waals surface area contributed by atoms with E-state index < -0.39 is 5.60 Å². The Hall–Kier alpha value is -0.820. The van der Waals surface area contributed by atoms with Crippen molar-refractivity contribution in [2.45, 2.75) is 38.2 Å². The summed E-state index contributed by atoms with van der Waals surface area (Å²) in [5, 5.41) is 10.4. The number of hydrogen-bond acceptors (Lipinski definition) is 1. The zero-order valence-corrected chi connectivity index (χ0v) is 8.74. The normalized spacial score (nSPS) is 20.4. The van der Waals surface area contributed by atoms with Crippen LogP contribution in [0.5, 0.6) is 0 Å². The monoisotopic (exact) mass is 190 g/mol. The minimum absolute atomic E-state index is 0.443. The molecule has 1 heteroatoms. The second-order valence-electron chi connectivity index (χ2n) is 4.39. The van der Waals surface area contributed by atoms with Crippen LogP contribution in [0.4, 0.5) is 0 Å². The first-order valence-corrected chi connectivity index (χ1v) is 5.51. The fraction of sp³-hybridized carbons (Fsp3) is 0.538. The van der Waals surface area contributed by atoms with Crippen molar-refractivity contribution in [1.82, 2.24) is 0 Å². The highest BCUT2D eigenvalue weighted by molar-refractivity contribution is 5.18. The number of rotatable bonds is 4. The molecule has 0 aromatic heterocycles. The van der Waals surface area contributed by atoms with Crippen molar-refractivity contribution in [2.24, 2.45) is 5.92 Å². The Balaban J connectivity index is 2.08. The Morgan fingerprint density at radius 1 is 1.29 bits per heavy atom. The average Bonchev–Trinajstić information content (AvgIpc) is 3.03. The van der Waals surface area contributed by atoms with E-state index in [1.807, 2.05) is 18.2 Å². The van der Waals surface area contributed by atoms with Crippen molar-refractivity contribution in [3.8, 4) is 0 Å². The molecular formula is C13H18O. The molecule has 0 amide bonds. The fourth-order valence-electron chi connectivity index (χ4n) is 2.13. The van der Waals surface area contributed by atoms with E-state index in [-0.39, 0.29) is 0 Å². The quantitative estimate of drug-likeness (QED) is 0.774. The van der Waals surface area contributed by atoms with E-state index in [1.165, 1.54) is 18.4 Å². The lowest BCUT2D eigenvalue weighted by Crippen LogP contribution is -2.33. The van der Waals surface area contributed by atoms with E-state index >= 15 is 0 Å². The Kier molecular flexibility index (Phi) is 2.60. The molecule has 0 bridgehead atoms. The van der Waals surface area contributed by atoms with Gasteiger partial charge in [-0.1, -0.05) is 37.3 Å². The highest BCUT2D eigenvalue weighted by Crippen LogP contribution is 2.43. The Morgan fingerprint density at radius 2 is 1.93 bits per heavy atom. The zero-order chi connectivity index (χ0) is 10.0. The van der Waals surface area contributed by atoms with E-state index in [1.54, 1.807) is 0 Å². The van der Waals surface area contributed by atoms with Crippen LogP contribution in [0, 0.1) is 5.92 Å². The maximum Gasteiger partial charge on any atom is 0.0713 e. The van der Waals surface area contributed by atoms with Gasteiger partial charge in [0.25, 0.3) is 0 Å². The second-order valence-corrected chi connectivity index (χ2v) is 4.39. The zero-order valence-electron chi connectivity index (χ0n) is 8.74. The van der Waals surface area contributed by atoms with Gasteiger partial charge < -0.3 is 5.11 Å². The smallest absolute Gasteiger partial charge is 0.0713 e. The van der Waals surface area contributed by atoms with Crippen molar-refractivity contribution in [3.05, 3.63) is 35.9 Å². The minimum atomic E-state index is -0.443. The number of hydrogen-bond donors (Lipinski definition) is 1. The van der Waals surface area contributed by atoms with Gasteiger partial charge in [0, 0.05) is 6.42 Å². The van der Waals surface area contributed by atoms with Gasteiger partial charge in [-0.25, -0.2) is 0 Å². The van der Waals surface area contributed by atoms with E-state index in [0.717, 1.165) is 12.8 Å². The second kappa shape index (κ2) is 3.74. The van der Waals surface area contributed by atoms with Gasteiger partial charge in [-0.15, -0.1) is 0 Å². The lowest BCUT2D eigenvalue weighted by atomic mass is 9.87. The first-order valence-electron chi connectivity index (χ1n) is 5.51. The highest BCUT2D eigenvalue weighted by Gasteiger charge is 2.42. The third kappa shape index (κ3) is 1.98. The molecule has 0 heterocycles. The van der Waals surface area contributed by atoms with E-state index in [0.29, 0.717) is 5.92 Å². The van der Waals surface area contributed by atoms with Crippen molar-refractivity contribution < 1.29 is 5.11 Å². The van der Waals surface area contributed by atoms with Crippen LogP contribution in [0.15, 0.2) is 30.3 Å². The predicted molar refractivity (Wildman–Crippen MR) is 58.1 cm³/mol. The first kappa shape index (κ1) is 9.72. The summed E-state index contributed by atoms with van der Waals surface area (Å²) in [5.41, 5.74) is 0.810. The van der Waals surface area contributed by atoms with Crippen LogP contribution in [0.1, 0.15) is 31.7 Å². The van der Waals surface area contributed by atoms with Crippen LogP contribution in [0.2, 0.25) is 0 Å². The Bertz CT molecular complexity index is 289. The van der Waals surface area contributed by atoms with Crippen molar-refractivity contribution in [2.75, 3.05) is 0 Å². The molecule has 1 saturated carbocycles. The van der Waals surface area contributed by atoms with E-state index in [9.17, 15) is 5.11 Å². The van der Waals surface area contributed by atoms with E-state index in [2.05, 4.69) is 19.1 Å². The lowest BCUT2D eigenvalue weighted by molar-refractivity contribution is 0.0139. The van der Waals surface area contributed by atoms with Gasteiger partial charge in [-0.05, 0) is 30.7 Å². The van der Waals surface area contributed by atoms with Gasteiger partial charge >= 0.3 is 0 Å². The number of aliphatic hydroxyl groups is 1. The molecule has 76 valence electrons. The molecule has 1 aromatic carbocycles. The van der Waals surface area contributed by atoms with Gasteiger partial charge in [-0.3, -0.25) is 0 Å². The van der Waals surface area contributed by atoms with Crippen LogP contribution in [0.25, 0.3) is 0 Å². The summed E-state index contributed by atoms with van der Waals surface area (Å²) in [6.07, 6.45) is 4.09. The molecule has 0 radical (unpaired) electrons. The molecule has 1 nitrogen and oxygen atoms in total. The molecule has 1 aliphatic rings. The van der Waals surface area contributed by atoms with Gasteiger partial charge in [0.1, 0.15) is 0 Å². The Labute approximate surface area is 85.8 Å². The fourth-order valence-corrected chi connectivity index (χ4v) is 2.13. The first-order chi connectivity index (χ1) is 6.74. The van der Waals surface area contributed by atoms with Gasteiger partial charge in [0.05, 0.1) is 5.60 Å². The van der Waals surface area contributed by atoms with Crippen LogP contribution in [-0.2, 0) is 6.42 Å². The van der Waals surface area contributed by atoms with Gasteiger partial charge in [0.2, 0.25) is 0 Å². The predicted octanol–water partition coefficient (Wildman–Crippen LogP) is 2.78. The van der Waals surface area contributed by atoms with Gasteiger partial charge in [-0.2, -0.15) is 0 Å². The molecule has 0 saturated heterocycles. The van der Waals surface area contributed by atoms with Crippen molar-refractivity contribution >= 4 is 0 Å². The molecule has 14 heavy (non-hydrogen) atoms. The maximum absolute atomic E-state index is 10.4. The third-order valence-corrected chi connectivity index (χ3v) is 3.30. The summed E-state index contributed by atoms with van der Waals surface area (Å²) in [6, 6.07) is 10.3. The summed E-state index contributed by atoms with van der Waals surface area (Å²) < 4.78 is 0. The average molecular weight is 190 g/mol. The van der Waals surface area contributed by atoms with Crippen LogP contribution in [0.3, 0.4) is 0 Å². The summed E-state index contributed by atoms with van der Waals surface area (Å²) >= 11 is 0. The van der Waals surface area contributed by atoms with Crippen molar-refractivity contribution in [1.29, 1.82) is 0 Å². The topological polar surface area (TPSA) is 20.2 Å². The lowest BCUT2D eigenvalue weighted by Gasteiger charge is -2.26. The molecule has 1 unspecified atom stereocenters. The molecule has 1 aliphatic carbocycles. The Morgan fingerprint density at radius 3 is 2.43 bits per heavy atom. The van der Waals surface area contributed by atoms with Crippen LogP contribution >= 0.6 is 0 Å². The molecule has 1 atom stereocenters. The molecular weight excluding hydrogens is 172 g/mol. The molecule has 0 aliphatic heterocycles. The standard InChI is InChI=1S/C13H18O/c1-2-13(14,12-8-9-12)10-11-6-4-3-5-7-11/h3-7,12,14H,2,8-10H2,1H3. The largest absolute Gasteiger partial charge is 0.389 e. The molecule has 1 fully saturated rings. The summed E-state index contributed by atoms with van der Waals surface area (Å²) in [7, 11) is 0. The molecule has 1 N–H and O–H groups in total. The minimum Gasteiger partial charge on any atom is -0.389 e. The van der Waals surface area contributed by atoms with Crippen LogP contribution in [-0.4, -0.2) is 10.7 Å². The SMILES string of the molecule is CCC(O)(Cc1ccccc1)C1CC1. The maximum atomic E-state index is 10.4. The third-order valence-electron chi connectivity index (χ3n) is 3.30. The molecule has 1 aromatic rings. The highest BCUT2D eigenvalue weighted by atomic mass is 16.3. The summed E-state index contributed by atoms with van der Waals surface area (Å²) in [4.78, 5) is 0.